The summed E-state index contributed by atoms with van der Waals surface area (Å²) in [6.07, 6.45) is 0. The molecule has 0 fully saturated rings. The van der Waals surface area contributed by atoms with Gasteiger partial charge in [-0.15, -0.1) is 11.3 Å². The Hall–Kier alpha value is -0.540. The highest BCUT2D eigenvalue weighted by atomic mass is 35.5. The molecule has 1 aromatic carbocycles. The normalized spacial score (nSPS) is 12.7. The van der Waals surface area contributed by atoms with Crippen molar-refractivity contribution in [3.05, 3.63) is 56.2 Å². The molecule has 0 spiro atoms. The van der Waals surface area contributed by atoms with Crippen LogP contribution in [0.4, 0.5) is 0 Å². The second-order valence-corrected chi connectivity index (χ2v) is 5.14. The second-order valence-electron chi connectivity index (χ2n) is 3.38. The van der Waals surface area contributed by atoms with Crippen molar-refractivity contribution in [2.75, 3.05) is 7.05 Å². The number of benzene rings is 1. The second kappa shape index (κ2) is 5.19. The first-order valence-corrected chi connectivity index (χ1v) is 6.52. The molecule has 4 heteroatoms. The third-order valence-corrected chi connectivity index (χ3v) is 4.18. The Kier molecular flexibility index (Phi) is 3.87. The van der Waals surface area contributed by atoms with E-state index in [9.17, 15) is 0 Å². The summed E-state index contributed by atoms with van der Waals surface area (Å²) < 4.78 is 0. The molecule has 1 heterocycles. The van der Waals surface area contributed by atoms with Crippen LogP contribution in [0.15, 0.2) is 35.7 Å². The van der Waals surface area contributed by atoms with Crippen molar-refractivity contribution < 1.29 is 0 Å². The Labute approximate surface area is 109 Å². The van der Waals surface area contributed by atoms with E-state index in [1.165, 1.54) is 4.88 Å². The maximum absolute atomic E-state index is 6.22. The number of hydrogen-bond acceptors (Lipinski definition) is 2. The van der Waals surface area contributed by atoms with Gasteiger partial charge in [-0.1, -0.05) is 41.4 Å². The van der Waals surface area contributed by atoms with Crippen molar-refractivity contribution in [3.8, 4) is 0 Å². The van der Waals surface area contributed by atoms with E-state index in [0.717, 1.165) is 5.56 Å². The number of halogens is 2. The summed E-state index contributed by atoms with van der Waals surface area (Å²) in [5.74, 6) is 0. The van der Waals surface area contributed by atoms with Crippen LogP contribution < -0.4 is 5.32 Å². The summed E-state index contributed by atoms with van der Waals surface area (Å²) >= 11 is 13.9. The van der Waals surface area contributed by atoms with Crippen molar-refractivity contribution in [2.45, 2.75) is 6.04 Å². The van der Waals surface area contributed by atoms with Gasteiger partial charge in [-0.3, -0.25) is 0 Å². The van der Waals surface area contributed by atoms with E-state index in [2.05, 4.69) is 16.8 Å². The minimum atomic E-state index is 0.103. The van der Waals surface area contributed by atoms with Crippen molar-refractivity contribution in [1.29, 1.82) is 0 Å². The molecule has 0 aliphatic carbocycles. The zero-order valence-corrected chi connectivity index (χ0v) is 11.0. The van der Waals surface area contributed by atoms with Crippen LogP contribution in [0.5, 0.6) is 0 Å². The van der Waals surface area contributed by atoms with Gasteiger partial charge in [0.1, 0.15) is 0 Å². The quantitative estimate of drug-likeness (QED) is 0.875. The molecule has 0 aliphatic rings. The molecular formula is C12H11Cl2NS. The summed E-state index contributed by atoms with van der Waals surface area (Å²) in [6, 6.07) is 9.93. The van der Waals surface area contributed by atoms with Gasteiger partial charge in [-0.2, -0.15) is 0 Å². The molecule has 2 rings (SSSR count). The molecule has 16 heavy (non-hydrogen) atoms. The van der Waals surface area contributed by atoms with E-state index in [-0.39, 0.29) is 6.04 Å². The van der Waals surface area contributed by atoms with Gasteiger partial charge in [0.2, 0.25) is 0 Å². The van der Waals surface area contributed by atoms with Gasteiger partial charge < -0.3 is 5.32 Å². The van der Waals surface area contributed by atoms with Gasteiger partial charge in [-0.05, 0) is 30.1 Å². The summed E-state index contributed by atoms with van der Waals surface area (Å²) in [4.78, 5) is 1.23. The number of thiophene rings is 1. The molecule has 0 bridgehead atoms. The fraction of sp³-hybridized carbons (Fsp3) is 0.167. The molecule has 1 nitrogen and oxygen atoms in total. The average Bonchev–Trinajstić information content (AvgIpc) is 2.79. The van der Waals surface area contributed by atoms with Gasteiger partial charge in [0.25, 0.3) is 0 Å². The van der Waals surface area contributed by atoms with Gasteiger partial charge >= 0.3 is 0 Å². The van der Waals surface area contributed by atoms with Gasteiger partial charge in [0.15, 0.2) is 0 Å². The lowest BCUT2D eigenvalue weighted by atomic mass is 10.1. The van der Waals surface area contributed by atoms with Crippen molar-refractivity contribution >= 4 is 34.5 Å². The molecule has 0 saturated heterocycles. The van der Waals surface area contributed by atoms with Crippen LogP contribution in [0.2, 0.25) is 10.0 Å². The van der Waals surface area contributed by atoms with Crippen LogP contribution in [0.3, 0.4) is 0 Å². The Bertz CT molecular complexity index is 468. The van der Waals surface area contributed by atoms with Gasteiger partial charge in [0.05, 0.1) is 16.1 Å². The third-order valence-electron chi connectivity index (χ3n) is 2.41. The van der Waals surface area contributed by atoms with Crippen LogP contribution in [-0.2, 0) is 0 Å². The van der Waals surface area contributed by atoms with E-state index in [1.54, 1.807) is 17.4 Å². The van der Waals surface area contributed by atoms with E-state index in [0.29, 0.717) is 10.0 Å². The lowest BCUT2D eigenvalue weighted by molar-refractivity contribution is 0.704. The Balaban J connectivity index is 2.45. The molecule has 1 atom stereocenters. The highest BCUT2D eigenvalue weighted by Gasteiger charge is 2.17. The van der Waals surface area contributed by atoms with E-state index in [1.807, 2.05) is 25.2 Å². The highest BCUT2D eigenvalue weighted by Crippen LogP contribution is 2.34. The predicted molar refractivity (Wildman–Crippen MR) is 71.7 cm³/mol. The summed E-state index contributed by atoms with van der Waals surface area (Å²) in [7, 11) is 1.92. The monoisotopic (exact) mass is 271 g/mol. The molecular weight excluding hydrogens is 261 g/mol. The maximum atomic E-state index is 6.22. The number of nitrogens with one attached hydrogen (secondary N) is 1. The zero-order chi connectivity index (χ0) is 11.5. The third kappa shape index (κ3) is 2.25. The van der Waals surface area contributed by atoms with Crippen molar-refractivity contribution in [3.63, 3.8) is 0 Å². The minimum Gasteiger partial charge on any atom is -0.309 e. The van der Waals surface area contributed by atoms with Crippen LogP contribution in [-0.4, -0.2) is 7.05 Å². The van der Waals surface area contributed by atoms with Crippen LogP contribution >= 0.6 is 34.5 Å². The molecule has 1 unspecified atom stereocenters. The van der Waals surface area contributed by atoms with Crippen LogP contribution in [0.1, 0.15) is 16.5 Å². The summed E-state index contributed by atoms with van der Waals surface area (Å²) in [5.41, 5.74) is 1.01. The first-order valence-electron chi connectivity index (χ1n) is 4.88. The van der Waals surface area contributed by atoms with E-state index >= 15 is 0 Å². The maximum Gasteiger partial charge on any atom is 0.0683 e. The SMILES string of the molecule is CNC(c1cccs1)c1cccc(Cl)c1Cl. The van der Waals surface area contributed by atoms with Gasteiger partial charge in [-0.25, -0.2) is 0 Å². The average molecular weight is 272 g/mol. The fourth-order valence-electron chi connectivity index (χ4n) is 1.65. The largest absolute Gasteiger partial charge is 0.309 e. The molecule has 0 aliphatic heterocycles. The Morgan fingerprint density at radius 2 is 2.00 bits per heavy atom. The summed E-state index contributed by atoms with van der Waals surface area (Å²) in [6.45, 7) is 0. The lowest BCUT2D eigenvalue weighted by Gasteiger charge is -2.17. The fourth-order valence-corrected chi connectivity index (χ4v) is 2.92. The van der Waals surface area contributed by atoms with Crippen LogP contribution in [0.25, 0.3) is 0 Å². The van der Waals surface area contributed by atoms with Crippen molar-refractivity contribution in [1.82, 2.24) is 5.32 Å². The molecule has 0 radical (unpaired) electrons. The predicted octanol–water partition coefficient (Wildman–Crippen LogP) is 4.36. The molecule has 84 valence electrons. The first-order chi connectivity index (χ1) is 7.74. The lowest BCUT2D eigenvalue weighted by Crippen LogP contribution is -2.16. The first kappa shape index (κ1) is 11.9. The van der Waals surface area contributed by atoms with Crippen molar-refractivity contribution in [2.24, 2.45) is 0 Å². The van der Waals surface area contributed by atoms with Crippen LogP contribution in [0, 0.1) is 0 Å². The van der Waals surface area contributed by atoms with E-state index in [4.69, 9.17) is 23.2 Å². The Morgan fingerprint density at radius 3 is 2.62 bits per heavy atom. The zero-order valence-electron chi connectivity index (χ0n) is 8.71. The molecule has 1 N–H and O–H groups in total. The number of hydrogen-bond donors (Lipinski definition) is 1. The molecule has 1 aromatic heterocycles. The Morgan fingerprint density at radius 1 is 1.19 bits per heavy atom. The number of rotatable bonds is 3. The van der Waals surface area contributed by atoms with Gasteiger partial charge in [0, 0.05) is 4.88 Å². The van der Waals surface area contributed by atoms with E-state index < -0.39 is 0 Å². The minimum absolute atomic E-state index is 0.103. The summed E-state index contributed by atoms with van der Waals surface area (Å²) in [5, 5.41) is 6.53. The highest BCUT2D eigenvalue weighted by molar-refractivity contribution is 7.10. The molecule has 2 aromatic rings. The molecule has 0 amide bonds. The smallest absolute Gasteiger partial charge is 0.0683 e. The molecule has 0 saturated carbocycles. The topological polar surface area (TPSA) is 12.0 Å². The standard InChI is InChI=1S/C12H11Cl2NS/c1-15-12(10-6-3-7-16-10)8-4-2-5-9(13)11(8)14/h2-7,12,15H,1H3.